The largest absolute Gasteiger partial charge is 0.310 e. The summed E-state index contributed by atoms with van der Waals surface area (Å²) < 4.78 is 1.17. The summed E-state index contributed by atoms with van der Waals surface area (Å²) in [6.07, 6.45) is 0. The third kappa shape index (κ3) is 1.94. The Hall–Kier alpha value is -1.19. The number of benzene rings is 1. The van der Waals surface area contributed by atoms with Gasteiger partial charge < -0.3 is 5.32 Å². The third-order valence-corrected chi connectivity index (χ3v) is 3.45. The van der Waals surface area contributed by atoms with E-state index in [0.717, 1.165) is 5.56 Å². The van der Waals surface area contributed by atoms with Crippen LogP contribution < -0.4 is 5.32 Å². The molecule has 0 amide bonds. The number of nitrogens with one attached hydrogen (secondary N) is 1. The van der Waals surface area contributed by atoms with Crippen LogP contribution in [0.1, 0.15) is 17.3 Å². The molecule has 0 bridgehead atoms. The molecule has 2 rings (SSSR count). The molecule has 0 aliphatic rings. The highest BCUT2D eigenvalue weighted by Gasteiger charge is 2.13. The van der Waals surface area contributed by atoms with E-state index in [0.29, 0.717) is 0 Å². The second-order valence-electron chi connectivity index (χ2n) is 3.55. The first kappa shape index (κ1) is 10.3. The van der Waals surface area contributed by atoms with E-state index in [2.05, 4.69) is 11.4 Å². The van der Waals surface area contributed by atoms with Crippen molar-refractivity contribution < 1.29 is 4.79 Å². The van der Waals surface area contributed by atoms with Gasteiger partial charge in [-0.25, -0.2) is 0 Å². The quantitative estimate of drug-likeness (QED) is 0.804. The average molecular weight is 219 g/mol. The first-order valence-electron chi connectivity index (χ1n) is 4.91. The van der Waals surface area contributed by atoms with E-state index in [-0.39, 0.29) is 11.8 Å². The SMILES string of the molecule is CN[C@H](C)C(=O)c1ccc2ccsc2c1. The Morgan fingerprint density at radius 3 is 2.93 bits per heavy atom. The monoisotopic (exact) mass is 219 g/mol. The van der Waals surface area contributed by atoms with Gasteiger partial charge in [0.25, 0.3) is 0 Å². The summed E-state index contributed by atoms with van der Waals surface area (Å²) >= 11 is 1.67. The summed E-state index contributed by atoms with van der Waals surface area (Å²) in [6, 6.07) is 7.81. The fourth-order valence-corrected chi connectivity index (χ4v) is 2.32. The first-order chi connectivity index (χ1) is 7.22. The van der Waals surface area contributed by atoms with Crippen LogP contribution in [0.3, 0.4) is 0 Å². The van der Waals surface area contributed by atoms with Gasteiger partial charge in [0.2, 0.25) is 0 Å². The van der Waals surface area contributed by atoms with Gasteiger partial charge in [-0.15, -0.1) is 11.3 Å². The summed E-state index contributed by atoms with van der Waals surface area (Å²) in [5.74, 6) is 0.146. The van der Waals surface area contributed by atoms with E-state index in [1.165, 1.54) is 10.1 Å². The molecule has 2 aromatic rings. The van der Waals surface area contributed by atoms with E-state index in [4.69, 9.17) is 0 Å². The Bertz CT molecular complexity index is 489. The van der Waals surface area contributed by atoms with Gasteiger partial charge in [-0.05, 0) is 36.9 Å². The molecule has 3 heteroatoms. The van der Waals surface area contributed by atoms with Crippen molar-refractivity contribution in [2.45, 2.75) is 13.0 Å². The number of hydrogen-bond donors (Lipinski definition) is 1. The van der Waals surface area contributed by atoms with E-state index in [1.54, 1.807) is 18.4 Å². The normalized spacial score (nSPS) is 12.9. The minimum absolute atomic E-state index is 0.123. The van der Waals surface area contributed by atoms with Crippen LogP contribution in [0.2, 0.25) is 0 Å². The van der Waals surface area contributed by atoms with Gasteiger partial charge >= 0.3 is 0 Å². The van der Waals surface area contributed by atoms with Gasteiger partial charge in [0.05, 0.1) is 6.04 Å². The molecular weight excluding hydrogens is 206 g/mol. The average Bonchev–Trinajstić information content (AvgIpc) is 2.73. The van der Waals surface area contributed by atoms with Crippen molar-refractivity contribution >= 4 is 27.2 Å². The smallest absolute Gasteiger partial charge is 0.179 e. The molecule has 0 saturated heterocycles. The Morgan fingerprint density at radius 1 is 1.40 bits per heavy atom. The summed E-state index contributed by atoms with van der Waals surface area (Å²) in [6.45, 7) is 1.88. The lowest BCUT2D eigenvalue weighted by atomic mass is 10.0. The zero-order valence-electron chi connectivity index (χ0n) is 8.78. The second kappa shape index (κ2) is 4.13. The van der Waals surface area contributed by atoms with Gasteiger partial charge in [-0.1, -0.05) is 12.1 Å². The highest BCUT2D eigenvalue weighted by molar-refractivity contribution is 7.17. The molecule has 2 nitrogen and oxygen atoms in total. The number of Topliss-reactive ketones (excluding diaryl/α,β-unsaturated/α-hetero) is 1. The molecule has 1 N–H and O–H groups in total. The van der Waals surface area contributed by atoms with Crippen LogP contribution in [0, 0.1) is 0 Å². The van der Waals surface area contributed by atoms with Gasteiger partial charge in [0, 0.05) is 10.3 Å². The van der Waals surface area contributed by atoms with Crippen molar-refractivity contribution in [3.05, 3.63) is 35.2 Å². The lowest BCUT2D eigenvalue weighted by Gasteiger charge is -2.08. The number of ketones is 1. The van der Waals surface area contributed by atoms with Crippen molar-refractivity contribution in [1.29, 1.82) is 0 Å². The van der Waals surface area contributed by atoms with E-state index >= 15 is 0 Å². The summed E-state index contributed by atoms with van der Waals surface area (Å²) in [4.78, 5) is 11.9. The fraction of sp³-hybridized carbons (Fsp3) is 0.250. The van der Waals surface area contributed by atoms with Gasteiger partial charge in [-0.3, -0.25) is 4.79 Å². The standard InChI is InChI=1S/C12H13NOS/c1-8(13-2)12(14)10-4-3-9-5-6-15-11(9)7-10/h3-8,13H,1-2H3/t8-/m1/s1. The Labute approximate surface area is 92.9 Å². The fourth-order valence-electron chi connectivity index (χ4n) is 1.49. The van der Waals surface area contributed by atoms with Gasteiger partial charge in [0.15, 0.2) is 5.78 Å². The van der Waals surface area contributed by atoms with Crippen LogP contribution in [-0.4, -0.2) is 18.9 Å². The molecule has 1 aromatic heterocycles. The van der Waals surface area contributed by atoms with E-state index in [1.807, 2.05) is 30.5 Å². The molecular formula is C12H13NOS. The highest BCUT2D eigenvalue weighted by atomic mass is 32.1. The summed E-state index contributed by atoms with van der Waals surface area (Å²) in [5.41, 5.74) is 0.784. The minimum Gasteiger partial charge on any atom is -0.310 e. The lowest BCUT2D eigenvalue weighted by Crippen LogP contribution is -2.30. The minimum atomic E-state index is -0.123. The molecule has 0 spiro atoms. The van der Waals surface area contributed by atoms with Crippen LogP contribution in [0.4, 0.5) is 0 Å². The summed E-state index contributed by atoms with van der Waals surface area (Å²) in [7, 11) is 1.80. The second-order valence-corrected chi connectivity index (χ2v) is 4.50. The zero-order chi connectivity index (χ0) is 10.8. The van der Waals surface area contributed by atoms with Gasteiger partial charge in [0.1, 0.15) is 0 Å². The third-order valence-electron chi connectivity index (χ3n) is 2.57. The number of carbonyl (C=O) groups is 1. The predicted octanol–water partition coefficient (Wildman–Crippen LogP) is 2.69. The Morgan fingerprint density at radius 2 is 2.20 bits per heavy atom. The maximum atomic E-state index is 11.9. The van der Waals surface area contributed by atoms with Crippen LogP contribution in [-0.2, 0) is 0 Å². The van der Waals surface area contributed by atoms with Crippen molar-refractivity contribution in [2.75, 3.05) is 7.05 Å². The van der Waals surface area contributed by atoms with Crippen molar-refractivity contribution in [3.63, 3.8) is 0 Å². The number of thiophene rings is 1. The maximum absolute atomic E-state index is 11.9. The number of rotatable bonds is 3. The molecule has 0 radical (unpaired) electrons. The molecule has 0 aliphatic heterocycles. The molecule has 0 aliphatic carbocycles. The molecule has 15 heavy (non-hydrogen) atoms. The van der Waals surface area contributed by atoms with Crippen LogP contribution in [0.25, 0.3) is 10.1 Å². The molecule has 0 unspecified atom stereocenters. The molecule has 1 atom stereocenters. The molecule has 78 valence electrons. The van der Waals surface area contributed by atoms with E-state index < -0.39 is 0 Å². The van der Waals surface area contributed by atoms with Crippen LogP contribution in [0.15, 0.2) is 29.6 Å². The van der Waals surface area contributed by atoms with E-state index in [9.17, 15) is 4.79 Å². The Balaban J connectivity index is 2.39. The Kier molecular flexibility index (Phi) is 2.84. The van der Waals surface area contributed by atoms with Crippen molar-refractivity contribution in [3.8, 4) is 0 Å². The molecule has 0 saturated carbocycles. The molecule has 0 fully saturated rings. The molecule has 1 heterocycles. The number of carbonyl (C=O) groups excluding carboxylic acids is 1. The lowest BCUT2D eigenvalue weighted by molar-refractivity contribution is 0.0955. The van der Waals surface area contributed by atoms with Crippen LogP contribution in [0.5, 0.6) is 0 Å². The molecule has 1 aromatic carbocycles. The van der Waals surface area contributed by atoms with Gasteiger partial charge in [-0.2, -0.15) is 0 Å². The number of likely N-dealkylation sites (N-methyl/N-ethyl adjacent to an activating group) is 1. The van der Waals surface area contributed by atoms with Crippen molar-refractivity contribution in [2.24, 2.45) is 0 Å². The predicted molar refractivity (Wildman–Crippen MR) is 64.7 cm³/mol. The highest BCUT2D eigenvalue weighted by Crippen LogP contribution is 2.22. The van der Waals surface area contributed by atoms with Crippen molar-refractivity contribution in [1.82, 2.24) is 5.32 Å². The first-order valence-corrected chi connectivity index (χ1v) is 5.79. The maximum Gasteiger partial charge on any atom is 0.179 e. The number of fused-ring (bicyclic) bond motifs is 1. The zero-order valence-corrected chi connectivity index (χ0v) is 9.60. The van der Waals surface area contributed by atoms with Crippen LogP contribution >= 0.6 is 11.3 Å². The summed E-state index contributed by atoms with van der Waals surface area (Å²) in [5, 5.41) is 6.20. The number of hydrogen-bond acceptors (Lipinski definition) is 3. The topological polar surface area (TPSA) is 29.1 Å².